The second-order valence-electron chi connectivity index (χ2n) is 6.88. The summed E-state index contributed by atoms with van der Waals surface area (Å²) < 4.78 is 12.0. The molecule has 1 aromatic heterocycles. The van der Waals surface area contributed by atoms with E-state index in [1.807, 2.05) is 23.1 Å². The van der Waals surface area contributed by atoms with Gasteiger partial charge in [-0.3, -0.25) is 9.78 Å². The normalized spacial score (nSPS) is 30.3. The van der Waals surface area contributed by atoms with Crippen LogP contribution in [-0.2, 0) is 20.7 Å². The number of carbonyl (C=O) groups is 1. The van der Waals surface area contributed by atoms with Crippen molar-refractivity contribution in [1.82, 2.24) is 9.88 Å². The first-order valence-electron chi connectivity index (χ1n) is 8.74. The highest BCUT2D eigenvalue weighted by atomic mass is 16.5. The quantitative estimate of drug-likeness (QED) is 0.831. The maximum Gasteiger partial charge on any atom is 0.229 e. The Labute approximate surface area is 137 Å². The summed E-state index contributed by atoms with van der Waals surface area (Å²) in [5.41, 5.74) is 0.833. The largest absolute Gasteiger partial charge is 0.375 e. The molecule has 0 spiro atoms. The third-order valence-electron chi connectivity index (χ3n) is 5.16. The highest BCUT2D eigenvalue weighted by Crippen LogP contribution is 2.35. The van der Waals surface area contributed by atoms with Crippen molar-refractivity contribution in [2.24, 2.45) is 5.92 Å². The molecule has 1 aliphatic heterocycles. The van der Waals surface area contributed by atoms with Crippen LogP contribution >= 0.6 is 0 Å². The lowest BCUT2D eigenvalue weighted by atomic mass is 10.1. The summed E-state index contributed by atoms with van der Waals surface area (Å²) in [4.78, 5) is 19.0. The van der Waals surface area contributed by atoms with Crippen molar-refractivity contribution in [3.05, 3.63) is 30.1 Å². The summed E-state index contributed by atoms with van der Waals surface area (Å²) in [5.74, 6) is 0.921. The van der Waals surface area contributed by atoms with E-state index in [0.717, 1.165) is 31.1 Å². The lowest BCUT2D eigenvalue weighted by molar-refractivity contribution is -0.151. The lowest BCUT2D eigenvalue weighted by Crippen LogP contribution is -2.54. The maximum absolute atomic E-state index is 12.7. The topological polar surface area (TPSA) is 51.7 Å². The Balaban J connectivity index is 1.38. The molecule has 2 aliphatic carbocycles. The molecule has 3 aliphatic rings. The summed E-state index contributed by atoms with van der Waals surface area (Å²) in [6.07, 6.45) is 6.90. The lowest BCUT2D eigenvalue weighted by Gasteiger charge is -2.39. The van der Waals surface area contributed by atoms with Gasteiger partial charge in [0, 0.05) is 25.0 Å². The molecule has 124 valence electrons. The minimum Gasteiger partial charge on any atom is -0.375 e. The van der Waals surface area contributed by atoms with Crippen LogP contribution < -0.4 is 0 Å². The summed E-state index contributed by atoms with van der Waals surface area (Å²) in [6, 6.07) is 5.88. The fraction of sp³-hybridized carbons (Fsp3) is 0.667. The summed E-state index contributed by atoms with van der Waals surface area (Å²) >= 11 is 0. The van der Waals surface area contributed by atoms with E-state index >= 15 is 0 Å². The number of amides is 1. The van der Waals surface area contributed by atoms with Crippen LogP contribution in [0.5, 0.6) is 0 Å². The van der Waals surface area contributed by atoms with Gasteiger partial charge in [-0.05, 0) is 43.7 Å². The van der Waals surface area contributed by atoms with E-state index in [-0.39, 0.29) is 24.2 Å². The van der Waals surface area contributed by atoms with Crippen LogP contribution in [0.4, 0.5) is 0 Å². The van der Waals surface area contributed by atoms with Gasteiger partial charge < -0.3 is 14.4 Å². The van der Waals surface area contributed by atoms with Crippen LogP contribution in [0.25, 0.3) is 0 Å². The molecule has 0 N–H and O–H groups in total. The van der Waals surface area contributed by atoms with E-state index in [1.54, 1.807) is 6.20 Å². The number of hydrogen-bond acceptors (Lipinski definition) is 4. The summed E-state index contributed by atoms with van der Waals surface area (Å²) in [5, 5.41) is 0. The van der Waals surface area contributed by atoms with Gasteiger partial charge in [0.15, 0.2) is 0 Å². The van der Waals surface area contributed by atoms with Crippen molar-refractivity contribution in [2.75, 3.05) is 19.8 Å². The Hall–Kier alpha value is -1.46. The zero-order valence-electron chi connectivity index (χ0n) is 13.4. The molecular formula is C18H24N2O3. The van der Waals surface area contributed by atoms with Crippen LogP contribution in [-0.4, -0.2) is 53.8 Å². The second kappa shape index (κ2) is 6.57. The zero-order valence-corrected chi connectivity index (χ0v) is 13.4. The molecule has 3 atom stereocenters. The number of rotatable bonds is 5. The van der Waals surface area contributed by atoms with Gasteiger partial charge in [0.1, 0.15) is 6.10 Å². The van der Waals surface area contributed by atoms with E-state index in [9.17, 15) is 4.79 Å². The SMILES string of the molecule is O=C(Cc1ccccn1)N1CCO[C@H]2[C@@H](OCC3CC3)CC[C@@H]21. The number of pyridine rings is 1. The van der Waals surface area contributed by atoms with Crippen LogP contribution in [0.3, 0.4) is 0 Å². The van der Waals surface area contributed by atoms with E-state index in [1.165, 1.54) is 12.8 Å². The Bertz CT molecular complexity index is 546. The van der Waals surface area contributed by atoms with Crippen LogP contribution in [0.15, 0.2) is 24.4 Å². The molecule has 2 heterocycles. The standard InChI is InChI=1S/C18H24N2O3/c21-17(11-14-3-1-2-8-19-14)20-9-10-22-18-15(20)6-7-16(18)23-12-13-4-5-13/h1-3,8,13,15-16,18H,4-7,9-12H2/t15-,16-,18+/m0/s1. The average molecular weight is 316 g/mol. The fourth-order valence-electron chi connectivity index (χ4n) is 3.71. The number of ether oxygens (including phenoxy) is 2. The second-order valence-corrected chi connectivity index (χ2v) is 6.88. The maximum atomic E-state index is 12.7. The predicted molar refractivity (Wildman–Crippen MR) is 84.9 cm³/mol. The Morgan fingerprint density at radius 2 is 2.22 bits per heavy atom. The van der Waals surface area contributed by atoms with E-state index < -0.39 is 0 Å². The highest BCUT2D eigenvalue weighted by molar-refractivity contribution is 5.79. The molecule has 0 radical (unpaired) electrons. The summed E-state index contributed by atoms with van der Waals surface area (Å²) in [6.45, 7) is 2.15. The molecule has 0 bridgehead atoms. The molecule has 1 saturated heterocycles. The third kappa shape index (κ3) is 3.40. The molecule has 1 amide bonds. The van der Waals surface area contributed by atoms with Crippen molar-refractivity contribution < 1.29 is 14.3 Å². The number of hydrogen-bond donors (Lipinski definition) is 0. The number of morpholine rings is 1. The molecule has 3 fully saturated rings. The van der Waals surface area contributed by atoms with E-state index in [4.69, 9.17) is 9.47 Å². The Morgan fingerprint density at radius 3 is 3.00 bits per heavy atom. The molecule has 4 rings (SSSR count). The monoisotopic (exact) mass is 316 g/mol. The number of carbonyl (C=O) groups excluding carboxylic acids is 1. The van der Waals surface area contributed by atoms with Crippen molar-refractivity contribution in [3.8, 4) is 0 Å². The zero-order chi connectivity index (χ0) is 15.6. The van der Waals surface area contributed by atoms with Crippen molar-refractivity contribution in [2.45, 2.75) is 50.4 Å². The minimum atomic E-state index is 0.0511. The molecule has 5 nitrogen and oxygen atoms in total. The average Bonchev–Trinajstić information content (AvgIpc) is 3.32. The molecule has 0 unspecified atom stereocenters. The molecule has 1 aromatic rings. The van der Waals surface area contributed by atoms with Gasteiger partial charge in [0.25, 0.3) is 0 Å². The molecule has 2 saturated carbocycles. The number of fused-ring (bicyclic) bond motifs is 1. The molecule has 5 heteroatoms. The molecule has 0 aromatic carbocycles. The van der Waals surface area contributed by atoms with Crippen molar-refractivity contribution in [1.29, 1.82) is 0 Å². The van der Waals surface area contributed by atoms with E-state index in [0.29, 0.717) is 19.6 Å². The molecule has 23 heavy (non-hydrogen) atoms. The van der Waals surface area contributed by atoms with Crippen molar-refractivity contribution in [3.63, 3.8) is 0 Å². The van der Waals surface area contributed by atoms with Crippen molar-refractivity contribution >= 4 is 5.91 Å². The molecular weight excluding hydrogens is 292 g/mol. The van der Waals surface area contributed by atoms with Gasteiger partial charge in [-0.2, -0.15) is 0 Å². The summed E-state index contributed by atoms with van der Waals surface area (Å²) in [7, 11) is 0. The fourth-order valence-corrected chi connectivity index (χ4v) is 3.71. The van der Waals surface area contributed by atoms with Gasteiger partial charge in [0.05, 0.1) is 25.2 Å². The highest BCUT2D eigenvalue weighted by Gasteiger charge is 2.45. The first-order valence-corrected chi connectivity index (χ1v) is 8.74. The third-order valence-corrected chi connectivity index (χ3v) is 5.16. The first kappa shape index (κ1) is 15.1. The van der Waals surface area contributed by atoms with Crippen LogP contribution in [0.2, 0.25) is 0 Å². The number of nitrogens with zero attached hydrogens (tertiary/aromatic N) is 2. The van der Waals surface area contributed by atoms with Gasteiger partial charge in [0.2, 0.25) is 5.91 Å². The van der Waals surface area contributed by atoms with Gasteiger partial charge >= 0.3 is 0 Å². The Morgan fingerprint density at radius 1 is 1.30 bits per heavy atom. The number of aromatic nitrogens is 1. The van der Waals surface area contributed by atoms with Gasteiger partial charge in [-0.15, -0.1) is 0 Å². The Kier molecular flexibility index (Phi) is 4.31. The van der Waals surface area contributed by atoms with Gasteiger partial charge in [-0.1, -0.05) is 6.07 Å². The van der Waals surface area contributed by atoms with Crippen LogP contribution in [0.1, 0.15) is 31.4 Å². The van der Waals surface area contributed by atoms with Crippen LogP contribution in [0, 0.1) is 5.92 Å². The van der Waals surface area contributed by atoms with Gasteiger partial charge in [-0.25, -0.2) is 0 Å². The smallest absolute Gasteiger partial charge is 0.229 e. The minimum absolute atomic E-state index is 0.0511. The predicted octanol–water partition coefficient (Wildman–Crippen LogP) is 1.81. The van der Waals surface area contributed by atoms with E-state index in [2.05, 4.69) is 4.98 Å². The first-order chi connectivity index (χ1) is 11.3.